The maximum atomic E-state index is 2.35. The molecule has 0 N–H and O–H groups in total. The van der Waals surface area contributed by atoms with Gasteiger partial charge in [0.1, 0.15) is 0 Å². The van der Waals surface area contributed by atoms with Crippen LogP contribution in [-0.4, -0.2) is 24.9 Å². The molecule has 0 aliphatic carbocycles. The van der Waals surface area contributed by atoms with Gasteiger partial charge in [0.15, 0.2) is 0 Å². The molecule has 0 saturated carbocycles. The van der Waals surface area contributed by atoms with Gasteiger partial charge in [0.25, 0.3) is 0 Å². The van der Waals surface area contributed by atoms with E-state index in [1.165, 1.54) is 0 Å². The molecule has 0 radical (unpaired) electrons. The predicted octanol–water partition coefficient (Wildman–Crippen LogP) is 0.457. The third-order valence-electron chi connectivity index (χ3n) is 1.06. The second kappa shape index (κ2) is 2.21. The summed E-state index contributed by atoms with van der Waals surface area (Å²) in [6.07, 6.45) is 0. The Morgan fingerprint density at radius 3 is 1.50 bits per heavy atom. The third kappa shape index (κ3) is 4.81. The summed E-state index contributed by atoms with van der Waals surface area (Å²) in [6, 6.07) is 0. The van der Waals surface area contributed by atoms with Gasteiger partial charge in [-0.2, -0.15) is 0 Å². The Morgan fingerprint density at radius 1 is 1.33 bits per heavy atom. The molecule has 0 spiro atoms. The summed E-state index contributed by atoms with van der Waals surface area (Å²) in [4.78, 5) is 0. The Balaban J connectivity index is 3.17. The average Bonchev–Trinajstić information content (AvgIpc) is 1.35. The summed E-state index contributed by atoms with van der Waals surface area (Å²) in [5.41, 5.74) is 0. The summed E-state index contributed by atoms with van der Waals surface area (Å²) < 4.78 is 0. The molecule has 0 fully saturated rings. The van der Waals surface area contributed by atoms with Crippen molar-refractivity contribution in [1.29, 1.82) is 0 Å². The minimum absolute atomic E-state index is 0.252. The summed E-state index contributed by atoms with van der Waals surface area (Å²) in [5.74, 6) is 0. The number of hydrogen-bond acceptors (Lipinski definition) is 0. The zero-order chi connectivity index (χ0) is 5.21. The Labute approximate surface area is 51.1 Å². The van der Waals surface area contributed by atoms with Crippen molar-refractivity contribution >= 4 is 24.9 Å². The molecule has 0 aromatic rings. The third-order valence-corrected chi connectivity index (χ3v) is 3.18. The van der Waals surface area contributed by atoms with Gasteiger partial charge in [0, 0.05) is 0 Å². The first-order valence-electron chi connectivity index (χ1n) is 2.56. The summed E-state index contributed by atoms with van der Waals surface area (Å²) >= 11 is 2.35. The minimum atomic E-state index is 0.252. The topological polar surface area (TPSA) is 0 Å². The SMILES string of the molecule is [Li][SiH2]C(C)(C)C. The van der Waals surface area contributed by atoms with Gasteiger partial charge in [-0.15, -0.1) is 0 Å². The van der Waals surface area contributed by atoms with Gasteiger partial charge in [-0.1, -0.05) is 0 Å². The van der Waals surface area contributed by atoms with Crippen molar-refractivity contribution in [2.45, 2.75) is 25.8 Å². The molecular formula is C4H11LiSi. The van der Waals surface area contributed by atoms with Gasteiger partial charge in [-0.3, -0.25) is 0 Å². The van der Waals surface area contributed by atoms with E-state index in [0.29, 0.717) is 5.04 Å². The molecule has 0 heterocycles. The molecule has 0 bridgehead atoms. The van der Waals surface area contributed by atoms with E-state index in [9.17, 15) is 0 Å². The summed E-state index contributed by atoms with van der Waals surface area (Å²) in [6.45, 7) is 6.91. The summed E-state index contributed by atoms with van der Waals surface area (Å²) in [7, 11) is 0.252. The Kier molecular flexibility index (Phi) is 2.51. The zero-order valence-electron chi connectivity index (χ0n) is 5.21. The maximum absolute atomic E-state index is 2.35. The van der Waals surface area contributed by atoms with Gasteiger partial charge < -0.3 is 0 Å². The molecule has 0 aliphatic rings. The first kappa shape index (κ1) is 6.81. The van der Waals surface area contributed by atoms with E-state index in [-0.39, 0.29) is 7.84 Å². The van der Waals surface area contributed by atoms with E-state index >= 15 is 0 Å². The molecule has 2 heteroatoms. The van der Waals surface area contributed by atoms with E-state index in [1.54, 1.807) is 0 Å². The van der Waals surface area contributed by atoms with Crippen LogP contribution in [0.2, 0.25) is 5.04 Å². The second-order valence-electron chi connectivity index (χ2n) is 2.91. The van der Waals surface area contributed by atoms with E-state index < -0.39 is 0 Å². The molecule has 0 aromatic heterocycles. The molecule has 32 valence electrons. The van der Waals surface area contributed by atoms with Gasteiger partial charge >= 0.3 is 50.7 Å². The average molecular weight is 94.2 g/mol. The van der Waals surface area contributed by atoms with Crippen molar-refractivity contribution in [2.75, 3.05) is 0 Å². The quantitative estimate of drug-likeness (QED) is 0.382. The molecule has 0 rings (SSSR count). The molecule has 0 atom stereocenters. The van der Waals surface area contributed by atoms with Crippen LogP contribution >= 0.6 is 0 Å². The fourth-order valence-electron chi connectivity index (χ4n) is 0. The number of hydrogen-bond donors (Lipinski definition) is 0. The monoisotopic (exact) mass is 94.1 g/mol. The van der Waals surface area contributed by atoms with Gasteiger partial charge in [0.2, 0.25) is 0 Å². The van der Waals surface area contributed by atoms with Gasteiger partial charge in [-0.05, 0) is 0 Å². The molecule has 0 amide bonds. The van der Waals surface area contributed by atoms with Crippen molar-refractivity contribution in [3.8, 4) is 0 Å². The molecule has 0 saturated heterocycles. The van der Waals surface area contributed by atoms with Crippen molar-refractivity contribution in [3.63, 3.8) is 0 Å². The van der Waals surface area contributed by atoms with Crippen LogP contribution in [0.15, 0.2) is 0 Å². The van der Waals surface area contributed by atoms with Crippen molar-refractivity contribution < 1.29 is 0 Å². The van der Waals surface area contributed by atoms with Crippen molar-refractivity contribution in [3.05, 3.63) is 0 Å². The van der Waals surface area contributed by atoms with Crippen LogP contribution < -0.4 is 0 Å². The van der Waals surface area contributed by atoms with Crippen molar-refractivity contribution in [1.82, 2.24) is 0 Å². The fourth-order valence-corrected chi connectivity index (χ4v) is 0. The predicted molar refractivity (Wildman–Crippen MR) is 34.0 cm³/mol. The molecule has 6 heavy (non-hydrogen) atoms. The Bertz CT molecular complexity index is 37.3. The van der Waals surface area contributed by atoms with Crippen LogP contribution in [0.5, 0.6) is 0 Å². The van der Waals surface area contributed by atoms with Crippen LogP contribution in [0.1, 0.15) is 20.8 Å². The van der Waals surface area contributed by atoms with Crippen LogP contribution in [0.4, 0.5) is 0 Å². The second-order valence-corrected chi connectivity index (χ2v) is 5.74. The zero-order valence-corrected chi connectivity index (χ0v) is 6.62. The van der Waals surface area contributed by atoms with Gasteiger partial charge in [0.05, 0.1) is 0 Å². The van der Waals surface area contributed by atoms with E-state index in [4.69, 9.17) is 0 Å². The molecule has 0 nitrogen and oxygen atoms in total. The standard InChI is InChI=1S/C4H11Si.Li/c1-4(2,3)5;/h5H2,1-3H3;. The normalized spacial score (nSPS) is 14.2. The molecule has 0 aliphatic heterocycles. The van der Waals surface area contributed by atoms with Gasteiger partial charge in [-0.25, -0.2) is 0 Å². The molecule has 0 unspecified atom stereocenters. The van der Waals surface area contributed by atoms with E-state index in [1.807, 2.05) is 0 Å². The first-order chi connectivity index (χ1) is 2.56. The molecular weight excluding hydrogens is 83.1 g/mol. The first-order valence-corrected chi connectivity index (χ1v) is 4.68. The Hall–Kier alpha value is 0.814. The number of rotatable bonds is 0. The van der Waals surface area contributed by atoms with Crippen LogP contribution in [0.3, 0.4) is 0 Å². The van der Waals surface area contributed by atoms with E-state index in [2.05, 4.69) is 37.8 Å². The summed E-state index contributed by atoms with van der Waals surface area (Å²) in [5, 5.41) is 0.681. The van der Waals surface area contributed by atoms with Crippen molar-refractivity contribution in [2.24, 2.45) is 0 Å². The van der Waals surface area contributed by atoms with Crippen LogP contribution in [-0.2, 0) is 0 Å². The van der Waals surface area contributed by atoms with E-state index in [0.717, 1.165) is 0 Å². The fraction of sp³-hybridized carbons (Fsp3) is 1.00. The van der Waals surface area contributed by atoms with Crippen LogP contribution in [0.25, 0.3) is 0 Å². The Morgan fingerprint density at radius 2 is 1.50 bits per heavy atom. The molecule has 0 aromatic carbocycles. The van der Waals surface area contributed by atoms with Crippen LogP contribution in [0, 0.1) is 0 Å².